The van der Waals surface area contributed by atoms with Crippen molar-refractivity contribution in [2.24, 2.45) is 5.92 Å². The maximum absolute atomic E-state index is 9.61. The zero-order chi connectivity index (χ0) is 21.4. The summed E-state index contributed by atoms with van der Waals surface area (Å²) in [5.74, 6) is -0.0749. The van der Waals surface area contributed by atoms with E-state index in [0.717, 1.165) is 27.6 Å². The van der Waals surface area contributed by atoms with Gasteiger partial charge in [0.2, 0.25) is 0 Å². The molecule has 0 spiro atoms. The number of nitriles is 2. The van der Waals surface area contributed by atoms with Crippen molar-refractivity contribution in [3.05, 3.63) is 48.5 Å². The van der Waals surface area contributed by atoms with Crippen LogP contribution in [0.15, 0.2) is 42.9 Å². The Morgan fingerprint density at radius 3 is 2.90 bits per heavy atom. The van der Waals surface area contributed by atoms with Gasteiger partial charge in [-0.1, -0.05) is 6.07 Å². The average molecular weight is 410 g/mol. The lowest BCUT2D eigenvalue weighted by Crippen LogP contribution is -2.47. The quantitative estimate of drug-likeness (QED) is 0.515. The van der Waals surface area contributed by atoms with Crippen LogP contribution in [0.3, 0.4) is 0 Å². The molecule has 1 fully saturated rings. The molecule has 0 unspecified atom stereocenters. The lowest BCUT2D eigenvalue weighted by molar-refractivity contribution is 0.0713. The second-order valence-corrected chi connectivity index (χ2v) is 7.81. The van der Waals surface area contributed by atoms with Gasteiger partial charge in [-0.2, -0.15) is 30.6 Å². The van der Waals surface area contributed by atoms with Crippen LogP contribution in [0.1, 0.15) is 25.0 Å². The number of hydrogen-bond acceptors (Lipinski definition) is 7. The van der Waals surface area contributed by atoms with E-state index in [4.69, 9.17) is 5.10 Å². The molecule has 0 bridgehead atoms. The van der Waals surface area contributed by atoms with E-state index in [-0.39, 0.29) is 18.9 Å². The Hall–Kier alpha value is -4.08. The lowest BCUT2D eigenvalue weighted by atomic mass is 9.68. The summed E-state index contributed by atoms with van der Waals surface area (Å²) in [5, 5.41) is 45.1. The fourth-order valence-electron chi connectivity index (χ4n) is 4.33. The Bertz CT molecular complexity index is 1350. The van der Waals surface area contributed by atoms with Gasteiger partial charge in [-0.3, -0.25) is 10.1 Å². The predicted molar refractivity (Wildman–Crippen MR) is 111 cm³/mol. The molecule has 152 valence electrons. The predicted octanol–water partition coefficient (Wildman–Crippen LogP) is 2.92. The van der Waals surface area contributed by atoms with E-state index >= 15 is 0 Å². The number of nitrogens with one attached hydrogen (secondary N) is 1. The summed E-state index contributed by atoms with van der Waals surface area (Å²) in [6.45, 7) is -0.179. The van der Waals surface area contributed by atoms with Crippen molar-refractivity contribution in [3.8, 4) is 34.5 Å². The molecule has 1 aliphatic carbocycles. The van der Waals surface area contributed by atoms with Gasteiger partial charge in [-0.15, -0.1) is 0 Å². The number of nitrogens with zero attached hydrogens (tertiary/aromatic N) is 7. The van der Waals surface area contributed by atoms with Crippen LogP contribution in [-0.4, -0.2) is 35.3 Å². The maximum atomic E-state index is 9.61. The van der Waals surface area contributed by atoms with Crippen molar-refractivity contribution in [3.63, 3.8) is 0 Å². The molecule has 1 saturated carbocycles. The van der Waals surface area contributed by atoms with E-state index in [1.807, 2.05) is 24.3 Å². The number of aromatic nitrogens is 6. The maximum Gasteiger partial charge on any atom is 0.113 e. The minimum absolute atomic E-state index is 0.0749. The summed E-state index contributed by atoms with van der Waals surface area (Å²) in [5.41, 5.74) is 3.96. The number of aromatic amines is 1. The Morgan fingerprint density at radius 1 is 1.26 bits per heavy atom. The molecule has 1 aromatic carbocycles. The highest BCUT2D eigenvalue weighted by atomic mass is 16.3. The number of hydrogen-bond donors (Lipinski definition) is 2. The number of fused-ring (bicyclic) bond motifs is 1. The largest absolute Gasteiger partial charge is 0.390 e. The van der Waals surface area contributed by atoms with E-state index < -0.39 is 5.54 Å². The third kappa shape index (κ3) is 3.03. The number of aliphatic hydroxyl groups is 1. The van der Waals surface area contributed by atoms with Gasteiger partial charge in [-0.25, -0.2) is 0 Å². The van der Waals surface area contributed by atoms with Crippen LogP contribution in [-0.2, 0) is 12.1 Å². The van der Waals surface area contributed by atoms with Gasteiger partial charge in [-0.05, 0) is 36.6 Å². The Morgan fingerprint density at radius 2 is 2.13 bits per heavy atom. The van der Waals surface area contributed by atoms with Crippen molar-refractivity contribution in [1.29, 1.82) is 10.5 Å². The molecular weight excluding hydrogens is 392 g/mol. The molecule has 0 amide bonds. The van der Waals surface area contributed by atoms with Crippen molar-refractivity contribution in [1.82, 2.24) is 30.2 Å². The zero-order valence-corrected chi connectivity index (χ0v) is 16.5. The summed E-state index contributed by atoms with van der Waals surface area (Å²) < 4.78 is 0. The van der Waals surface area contributed by atoms with E-state index in [1.165, 1.54) is 0 Å². The highest BCUT2D eigenvalue weighted by Crippen LogP contribution is 2.45. The Labute approximate surface area is 177 Å². The lowest BCUT2D eigenvalue weighted by Gasteiger charge is -2.42. The molecule has 9 heteroatoms. The second kappa shape index (κ2) is 7.31. The second-order valence-electron chi connectivity index (χ2n) is 7.81. The first-order valence-corrected chi connectivity index (χ1v) is 9.90. The molecular formula is C22H18N8O. The molecule has 0 atom stereocenters. The van der Waals surface area contributed by atoms with Gasteiger partial charge in [0.15, 0.2) is 0 Å². The van der Waals surface area contributed by atoms with E-state index in [9.17, 15) is 15.6 Å². The zero-order valence-electron chi connectivity index (χ0n) is 16.5. The molecule has 31 heavy (non-hydrogen) atoms. The van der Waals surface area contributed by atoms with Crippen molar-refractivity contribution in [2.45, 2.75) is 31.4 Å². The molecule has 4 aromatic rings. The fraction of sp³-hybridized carbons (Fsp3) is 0.273. The average Bonchev–Trinajstić information content (AvgIpc) is 3.45. The number of rotatable bonds is 5. The molecule has 5 rings (SSSR count). The van der Waals surface area contributed by atoms with Gasteiger partial charge in [0.25, 0.3) is 0 Å². The summed E-state index contributed by atoms with van der Waals surface area (Å²) in [6, 6.07) is 12.3. The third-order valence-corrected chi connectivity index (χ3v) is 5.94. The molecule has 0 aliphatic heterocycles. The highest BCUT2D eigenvalue weighted by Gasteiger charge is 2.48. The van der Waals surface area contributed by atoms with Gasteiger partial charge >= 0.3 is 0 Å². The minimum atomic E-state index is -0.534. The van der Waals surface area contributed by atoms with Gasteiger partial charge in [0.05, 0.1) is 54.0 Å². The number of H-pyrrole nitrogens is 1. The van der Waals surface area contributed by atoms with Crippen LogP contribution in [0.4, 0.5) is 0 Å². The van der Waals surface area contributed by atoms with Gasteiger partial charge in [0.1, 0.15) is 5.69 Å². The minimum Gasteiger partial charge on any atom is -0.390 e. The number of pyridine rings is 1. The summed E-state index contributed by atoms with van der Waals surface area (Å²) >= 11 is 0. The normalized spacial score (nSPS) is 20.2. The van der Waals surface area contributed by atoms with E-state index in [1.54, 1.807) is 23.4 Å². The fourth-order valence-corrected chi connectivity index (χ4v) is 4.33. The topological polar surface area (TPSA) is 140 Å². The molecule has 3 aromatic heterocycles. The first kappa shape index (κ1) is 18.9. The summed E-state index contributed by atoms with van der Waals surface area (Å²) in [4.78, 5) is 6.10. The Kier molecular flexibility index (Phi) is 4.46. The number of benzene rings is 1. The van der Waals surface area contributed by atoms with Crippen molar-refractivity contribution < 1.29 is 5.11 Å². The molecule has 0 radical (unpaired) electrons. The van der Waals surface area contributed by atoms with Crippen LogP contribution in [0, 0.1) is 28.6 Å². The first-order chi connectivity index (χ1) is 15.2. The van der Waals surface area contributed by atoms with Crippen LogP contribution in [0.25, 0.3) is 33.3 Å². The van der Waals surface area contributed by atoms with Gasteiger partial charge < -0.3 is 5.11 Å². The van der Waals surface area contributed by atoms with E-state index in [2.05, 4.69) is 32.4 Å². The molecule has 1 aliphatic rings. The molecule has 0 saturated heterocycles. The Balaban J connectivity index is 1.63. The first-order valence-electron chi connectivity index (χ1n) is 9.90. The third-order valence-electron chi connectivity index (χ3n) is 5.94. The van der Waals surface area contributed by atoms with Crippen molar-refractivity contribution >= 4 is 10.9 Å². The van der Waals surface area contributed by atoms with E-state index in [0.29, 0.717) is 24.2 Å². The molecule has 2 N–H and O–H groups in total. The van der Waals surface area contributed by atoms with Crippen LogP contribution in [0.2, 0.25) is 0 Å². The monoisotopic (exact) mass is 410 g/mol. The van der Waals surface area contributed by atoms with Crippen LogP contribution in [0.5, 0.6) is 0 Å². The summed E-state index contributed by atoms with van der Waals surface area (Å²) in [7, 11) is 0. The van der Waals surface area contributed by atoms with Crippen LogP contribution >= 0.6 is 0 Å². The van der Waals surface area contributed by atoms with Gasteiger partial charge in [0, 0.05) is 28.9 Å². The highest BCUT2D eigenvalue weighted by molar-refractivity contribution is 5.97. The molecule has 9 nitrogen and oxygen atoms in total. The smallest absolute Gasteiger partial charge is 0.113 e. The SMILES string of the molecule is N#CC[C@]1(n2ncc(-c3cc(-c4c[nH]nc4CO)cc4ncccc34)n2)C[C@H](C#N)C1. The van der Waals surface area contributed by atoms with Crippen molar-refractivity contribution in [2.75, 3.05) is 0 Å². The molecule has 3 heterocycles. The standard InChI is InChI=1S/C22H18N8O/c23-4-3-22(8-14(9-22)10-24)30-27-12-20(29-30)17-6-15(18-11-26-28-21(18)13-31)7-19-16(17)2-1-5-25-19/h1-2,5-7,11-12,14,31H,3,8-9,13H2,(H,26,28)/t14-,22-. The van der Waals surface area contributed by atoms with Crippen LogP contribution < -0.4 is 0 Å². The summed E-state index contributed by atoms with van der Waals surface area (Å²) in [6.07, 6.45) is 6.57. The number of aliphatic hydroxyl groups excluding tert-OH is 1.